The standard InChI is InChI=1S/C12H13BrN4O/c13-11-9(2-1-3-10(11)14)12(18)16-5-4-8-6-15-7-17-8/h1-3,6-7H,4-5,14H2,(H,15,17)(H,16,18). The Kier molecular flexibility index (Phi) is 3.99. The predicted octanol–water partition coefficient (Wildman–Crippen LogP) is 1.73. The van der Waals surface area contributed by atoms with Crippen molar-refractivity contribution in [2.75, 3.05) is 12.3 Å². The number of nitrogen functional groups attached to an aromatic ring is 1. The van der Waals surface area contributed by atoms with Gasteiger partial charge in [0.25, 0.3) is 5.91 Å². The maximum Gasteiger partial charge on any atom is 0.252 e. The van der Waals surface area contributed by atoms with Crippen LogP contribution < -0.4 is 11.1 Å². The summed E-state index contributed by atoms with van der Waals surface area (Å²) in [7, 11) is 0. The quantitative estimate of drug-likeness (QED) is 0.752. The first kappa shape index (κ1) is 12.6. The minimum Gasteiger partial charge on any atom is -0.398 e. The van der Waals surface area contributed by atoms with Crippen molar-refractivity contribution >= 4 is 27.5 Å². The van der Waals surface area contributed by atoms with E-state index >= 15 is 0 Å². The molecule has 0 radical (unpaired) electrons. The summed E-state index contributed by atoms with van der Waals surface area (Å²) in [6.07, 6.45) is 4.07. The Bertz CT molecular complexity index is 539. The van der Waals surface area contributed by atoms with Gasteiger partial charge in [0.05, 0.1) is 16.4 Å². The number of nitrogens with one attached hydrogen (secondary N) is 2. The third kappa shape index (κ3) is 2.89. The van der Waals surface area contributed by atoms with Crippen molar-refractivity contribution in [3.8, 4) is 0 Å². The average Bonchev–Trinajstić information content (AvgIpc) is 2.85. The van der Waals surface area contributed by atoms with Gasteiger partial charge in [0.1, 0.15) is 0 Å². The molecule has 0 atom stereocenters. The molecule has 94 valence electrons. The molecule has 18 heavy (non-hydrogen) atoms. The van der Waals surface area contributed by atoms with Crippen molar-refractivity contribution in [2.45, 2.75) is 6.42 Å². The first-order valence-corrected chi connectivity index (χ1v) is 6.27. The maximum absolute atomic E-state index is 11.9. The van der Waals surface area contributed by atoms with E-state index in [9.17, 15) is 4.79 Å². The monoisotopic (exact) mass is 308 g/mol. The molecule has 0 spiro atoms. The number of aromatic amines is 1. The number of hydrogen-bond donors (Lipinski definition) is 3. The van der Waals surface area contributed by atoms with Crippen molar-refractivity contribution < 1.29 is 4.79 Å². The molecular formula is C12H13BrN4O. The summed E-state index contributed by atoms with van der Waals surface area (Å²) in [6.45, 7) is 0.544. The molecule has 0 bridgehead atoms. The summed E-state index contributed by atoms with van der Waals surface area (Å²) in [6, 6.07) is 5.22. The number of nitrogens with zero attached hydrogens (tertiary/aromatic N) is 1. The molecule has 2 rings (SSSR count). The van der Waals surface area contributed by atoms with Crippen LogP contribution in [0.3, 0.4) is 0 Å². The summed E-state index contributed by atoms with van der Waals surface area (Å²) < 4.78 is 0.629. The largest absolute Gasteiger partial charge is 0.398 e. The second-order valence-electron chi connectivity index (χ2n) is 3.79. The fourth-order valence-corrected chi connectivity index (χ4v) is 2.00. The molecular weight excluding hydrogens is 296 g/mol. The van der Waals surface area contributed by atoms with Gasteiger partial charge in [-0.15, -0.1) is 0 Å². The lowest BCUT2D eigenvalue weighted by Gasteiger charge is -2.07. The van der Waals surface area contributed by atoms with Gasteiger partial charge in [-0.3, -0.25) is 4.79 Å². The van der Waals surface area contributed by atoms with Crippen LogP contribution >= 0.6 is 15.9 Å². The molecule has 4 N–H and O–H groups in total. The zero-order valence-corrected chi connectivity index (χ0v) is 11.2. The molecule has 0 saturated carbocycles. The van der Waals surface area contributed by atoms with Crippen LogP contribution in [0.15, 0.2) is 35.2 Å². The second-order valence-corrected chi connectivity index (χ2v) is 4.58. The van der Waals surface area contributed by atoms with Crippen molar-refractivity contribution in [1.29, 1.82) is 0 Å². The molecule has 1 aromatic heterocycles. The summed E-state index contributed by atoms with van der Waals surface area (Å²) in [5, 5.41) is 2.83. The molecule has 1 aromatic carbocycles. The fraction of sp³-hybridized carbons (Fsp3) is 0.167. The van der Waals surface area contributed by atoms with E-state index in [1.54, 1.807) is 30.7 Å². The Hall–Kier alpha value is -1.82. The zero-order chi connectivity index (χ0) is 13.0. The van der Waals surface area contributed by atoms with Gasteiger partial charge in [0, 0.05) is 30.5 Å². The minimum absolute atomic E-state index is 0.145. The molecule has 0 fully saturated rings. The Morgan fingerprint density at radius 3 is 3.06 bits per heavy atom. The maximum atomic E-state index is 11.9. The second kappa shape index (κ2) is 5.68. The Morgan fingerprint density at radius 2 is 2.33 bits per heavy atom. The fourth-order valence-electron chi connectivity index (χ4n) is 1.55. The smallest absolute Gasteiger partial charge is 0.252 e. The molecule has 0 saturated heterocycles. The number of amides is 1. The Balaban J connectivity index is 1.93. The number of H-pyrrole nitrogens is 1. The van der Waals surface area contributed by atoms with Crippen LogP contribution in [0.25, 0.3) is 0 Å². The highest BCUT2D eigenvalue weighted by Gasteiger charge is 2.10. The van der Waals surface area contributed by atoms with Gasteiger partial charge < -0.3 is 16.0 Å². The van der Waals surface area contributed by atoms with Crippen LogP contribution in [-0.4, -0.2) is 22.4 Å². The van der Waals surface area contributed by atoms with Crippen LogP contribution in [0.2, 0.25) is 0 Å². The van der Waals surface area contributed by atoms with Crippen LogP contribution in [0.5, 0.6) is 0 Å². The molecule has 0 aliphatic heterocycles. The zero-order valence-electron chi connectivity index (χ0n) is 9.61. The van der Waals surface area contributed by atoms with E-state index in [2.05, 4.69) is 31.2 Å². The van der Waals surface area contributed by atoms with Crippen LogP contribution in [0.1, 0.15) is 16.1 Å². The minimum atomic E-state index is -0.145. The third-order valence-corrected chi connectivity index (χ3v) is 3.39. The Labute approximate surface area is 113 Å². The lowest BCUT2D eigenvalue weighted by Crippen LogP contribution is -2.26. The van der Waals surface area contributed by atoms with E-state index in [0.29, 0.717) is 28.7 Å². The van der Waals surface area contributed by atoms with Crippen LogP contribution in [0, 0.1) is 0 Å². The number of rotatable bonds is 4. The first-order chi connectivity index (χ1) is 8.68. The SMILES string of the molecule is Nc1cccc(C(=O)NCCc2cnc[nH]2)c1Br. The first-order valence-electron chi connectivity index (χ1n) is 5.48. The topological polar surface area (TPSA) is 83.8 Å². The van der Waals surface area contributed by atoms with Crippen molar-refractivity contribution in [2.24, 2.45) is 0 Å². The van der Waals surface area contributed by atoms with Gasteiger partial charge in [-0.25, -0.2) is 4.98 Å². The molecule has 1 heterocycles. The molecule has 2 aromatic rings. The lowest BCUT2D eigenvalue weighted by atomic mass is 10.2. The number of hydrogen-bond acceptors (Lipinski definition) is 3. The van der Waals surface area contributed by atoms with E-state index in [-0.39, 0.29) is 5.91 Å². The average molecular weight is 309 g/mol. The normalized spacial score (nSPS) is 10.3. The molecule has 5 nitrogen and oxygen atoms in total. The summed E-state index contributed by atoms with van der Waals surface area (Å²) in [5.41, 5.74) is 7.81. The molecule has 0 unspecified atom stereocenters. The van der Waals surface area contributed by atoms with Gasteiger partial charge in [-0.2, -0.15) is 0 Å². The number of benzene rings is 1. The van der Waals surface area contributed by atoms with Crippen molar-refractivity contribution in [3.05, 3.63) is 46.5 Å². The van der Waals surface area contributed by atoms with Gasteiger partial charge in [0.15, 0.2) is 0 Å². The number of imidazole rings is 1. The van der Waals surface area contributed by atoms with E-state index in [4.69, 9.17) is 5.73 Å². The molecule has 1 amide bonds. The molecule has 0 aliphatic carbocycles. The van der Waals surface area contributed by atoms with E-state index < -0.39 is 0 Å². The third-order valence-electron chi connectivity index (χ3n) is 2.51. The predicted molar refractivity (Wildman–Crippen MR) is 73.2 cm³/mol. The summed E-state index contributed by atoms with van der Waals surface area (Å²) in [5.74, 6) is -0.145. The van der Waals surface area contributed by atoms with Gasteiger partial charge >= 0.3 is 0 Å². The summed E-state index contributed by atoms with van der Waals surface area (Å²) >= 11 is 3.31. The highest BCUT2D eigenvalue weighted by Crippen LogP contribution is 2.23. The summed E-state index contributed by atoms with van der Waals surface area (Å²) in [4.78, 5) is 18.8. The van der Waals surface area contributed by atoms with Gasteiger partial charge in [-0.05, 0) is 28.1 Å². The van der Waals surface area contributed by atoms with Crippen molar-refractivity contribution in [3.63, 3.8) is 0 Å². The molecule has 0 aliphatic rings. The van der Waals surface area contributed by atoms with Crippen molar-refractivity contribution in [1.82, 2.24) is 15.3 Å². The highest BCUT2D eigenvalue weighted by molar-refractivity contribution is 9.10. The number of nitrogens with two attached hydrogens (primary N) is 1. The van der Waals surface area contributed by atoms with E-state index in [0.717, 1.165) is 5.69 Å². The molecule has 6 heteroatoms. The number of aromatic nitrogens is 2. The van der Waals surface area contributed by atoms with Crippen LogP contribution in [0.4, 0.5) is 5.69 Å². The van der Waals surface area contributed by atoms with Gasteiger partial charge in [0.2, 0.25) is 0 Å². The van der Waals surface area contributed by atoms with E-state index in [1.807, 2.05) is 0 Å². The number of halogens is 1. The lowest BCUT2D eigenvalue weighted by molar-refractivity contribution is 0.0953. The van der Waals surface area contributed by atoms with Crippen LogP contribution in [-0.2, 0) is 6.42 Å². The van der Waals surface area contributed by atoms with Gasteiger partial charge in [-0.1, -0.05) is 6.07 Å². The Morgan fingerprint density at radius 1 is 1.50 bits per heavy atom. The highest BCUT2D eigenvalue weighted by atomic mass is 79.9. The number of anilines is 1. The number of carbonyl (C=O) groups is 1. The number of carbonyl (C=O) groups excluding carboxylic acids is 1. The van der Waals surface area contributed by atoms with E-state index in [1.165, 1.54) is 0 Å².